The molecule has 122 valence electrons. The average Bonchev–Trinajstić information content (AvgIpc) is 3.23. The van der Waals surface area contributed by atoms with E-state index in [2.05, 4.69) is 31.0 Å². The Hall–Kier alpha value is -2.20. The van der Waals surface area contributed by atoms with E-state index in [4.69, 9.17) is 4.42 Å². The van der Waals surface area contributed by atoms with Gasteiger partial charge in [-0.2, -0.15) is 0 Å². The first-order valence-corrected chi connectivity index (χ1v) is 8.14. The molecule has 1 N–H and O–H groups in total. The van der Waals surface area contributed by atoms with Crippen molar-refractivity contribution in [3.05, 3.63) is 23.7 Å². The van der Waals surface area contributed by atoms with Crippen LogP contribution in [0.1, 0.15) is 11.6 Å². The van der Waals surface area contributed by atoms with Crippen LogP contribution in [0.4, 0.5) is 0 Å². The zero-order chi connectivity index (χ0) is 16.2. The molecule has 0 unspecified atom stereocenters. The first kappa shape index (κ1) is 15.7. The highest BCUT2D eigenvalue weighted by molar-refractivity contribution is 7.99. The molecule has 0 fully saturated rings. The minimum absolute atomic E-state index is 0.536. The summed E-state index contributed by atoms with van der Waals surface area (Å²) < 4.78 is 9.36. The van der Waals surface area contributed by atoms with Gasteiger partial charge in [-0.05, 0) is 29.5 Å². The first-order chi connectivity index (χ1) is 11.1. The van der Waals surface area contributed by atoms with Crippen LogP contribution >= 0.6 is 11.8 Å². The molecule has 0 aromatic carbocycles. The molecule has 23 heavy (non-hydrogen) atoms. The number of aromatic nitrogens is 7. The van der Waals surface area contributed by atoms with Crippen molar-refractivity contribution in [2.45, 2.75) is 18.6 Å². The lowest BCUT2D eigenvalue weighted by molar-refractivity contribution is 0.480. The summed E-state index contributed by atoms with van der Waals surface area (Å²) >= 11 is 1.59. The van der Waals surface area contributed by atoms with E-state index in [0.29, 0.717) is 18.3 Å². The van der Waals surface area contributed by atoms with Crippen LogP contribution in [0.2, 0.25) is 0 Å². The molecule has 0 saturated carbocycles. The fourth-order valence-corrected chi connectivity index (χ4v) is 2.76. The van der Waals surface area contributed by atoms with Crippen LogP contribution < -0.4 is 5.32 Å². The van der Waals surface area contributed by atoms with Gasteiger partial charge < -0.3 is 14.3 Å². The van der Waals surface area contributed by atoms with Crippen molar-refractivity contribution in [1.82, 2.24) is 40.3 Å². The lowest BCUT2D eigenvalue weighted by Crippen LogP contribution is -2.17. The standard InChI is InChI=1S/C13H18N8OS/c1-9-4-5-10(20(9)2)12-16-15-11(22-12)8-14-6-7-23-13-17-18-19-21(13)3/h4-5,14H,6-8H2,1-3H3. The van der Waals surface area contributed by atoms with Gasteiger partial charge in [-0.3, -0.25) is 0 Å². The van der Waals surface area contributed by atoms with Gasteiger partial charge in [0.15, 0.2) is 0 Å². The second-order valence-electron chi connectivity index (χ2n) is 5.03. The number of tetrazole rings is 1. The van der Waals surface area contributed by atoms with Crippen LogP contribution in [0.25, 0.3) is 11.6 Å². The molecule has 3 rings (SSSR count). The second kappa shape index (κ2) is 6.92. The van der Waals surface area contributed by atoms with Gasteiger partial charge in [0.2, 0.25) is 11.0 Å². The Morgan fingerprint density at radius 3 is 2.78 bits per heavy atom. The summed E-state index contributed by atoms with van der Waals surface area (Å²) in [5.74, 6) is 1.97. The number of nitrogens with zero attached hydrogens (tertiary/aromatic N) is 7. The summed E-state index contributed by atoms with van der Waals surface area (Å²) in [7, 11) is 3.80. The van der Waals surface area contributed by atoms with Crippen molar-refractivity contribution in [2.75, 3.05) is 12.3 Å². The van der Waals surface area contributed by atoms with Gasteiger partial charge in [0.25, 0.3) is 5.89 Å². The largest absolute Gasteiger partial charge is 0.418 e. The van der Waals surface area contributed by atoms with Gasteiger partial charge in [-0.25, -0.2) is 4.68 Å². The van der Waals surface area contributed by atoms with Crippen molar-refractivity contribution >= 4 is 11.8 Å². The van der Waals surface area contributed by atoms with Crippen LogP contribution in [0.3, 0.4) is 0 Å². The van der Waals surface area contributed by atoms with Crippen LogP contribution in [0.5, 0.6) is 0 Å². The normalized spacial score (nSPS) is 11.3. The lowest BCUT2D eigenvalue weighted by atomic mass is 10.4. The molecule has 0 bridgehead atoms. The maximum absolute atomic E-state index is 5.69. The van der Waals surface area contributed by atoms with Gasteiger partial charge >= 0.3 is 0 Å². The molecule has 9 nitrogen and oxygen atoms in total. The van der Waals surface area contributed by atoms with E-state index >= 15 is 0 Å². The van der Waals surface area contributed by atoms with Crippen LogP contribution in [0, 0.1) is 6.92 Å². The van der Waals surface area contributed by atoms with Gasteiger partial charge in [-0.15, -0.1) is 15.3 Å². The van der Waals surface area contributed by atoms with Crippen LogP contribution in [0.15, 0.2) is 21.7 Å². The molecule has 0 aliphatic carbocycles. The molecule has 3 aromatic heterocycles. The zero-order valence-corrected chi connectivity index (χ0v) is 14.0. The highest BCUT2D eigenvalue weighted by Gasteiger charge is 2.12. The van der Waals surface area contributed by atoms with Gasteiger partial charge in [0, 0.05) is 32.1 Å². The molecule has 0 radical (unpaired) electrons. The lowest BCUT2D eigenvalue weighted by Gasteiger charge is -2.01. The minimum Gasteiger partial charge on any atom is -0.418 e. The van der Waals surface area contributed by atoms with Gasteiger partial charge in [0.05, 0.1) is 6.54 Å². The van der Waals surface area contributed by atoms with E-state index in [-0.39, 0.29) is 0 Å². The van der Waals surface area contributed by atoms with E-state index in [1.807, 2.05) is 37.7 Å². The summed E-state index contributed by atoms with van der Waals surface area (Å²) in [5.41, 5.74) is 2.07. The molecular weight excluding hydrogens is 316 g/mol. The molecular formula is C13H18N8OS. The van der Waals surface area contributed by atoms with Gasteiger partial charge in [-0.1, -0.05) is 11.8 Å². The minimum atomic E-state index is 0.536. The number of aryl methyl sites for hydroxylation is 2. The molecule has 0 spiro atoms. The molecule has 0 saturated heterocycles. The number of rotatable bonds is 7. The maximum atomic E-state index is 5.69. The average molecular weight is 334 g/mol. The fraction of sp³-hybridized carbons (Fsp3) is 0.462. The predicted molar refractivity (Wildman–Crippen MR) is 84.7 cm³/mol. The molecule has 10 heteroatoms. The number of thioether (sulfide) groups is 1. The van der Waals surface area contributed by atoms with Gasteiger partial charge in [0.1, 0.15) is 5.69 Å². The van der Waals surface area contributed by atoms with Crippen molar-refractivity contribution in [2.24, 2.45) is 14.1 Å². The summed E-state index contributed by atoms with van der Waals surface area (Å²) in [4.78, 5) is 0. The van der Waals surface area contributed by atoms with Crippen LogP contribution in [-0.2, 0) is 20.6 Å². The van der Waals surface area contributed by atoms with E-state index in [0.717, 1.165) is 28.8 Å². The Labute approximate surface area is 137 Å². The van der Waals surface area contributed by atoms with Crippen molar-refractivity contribution in [1.29, 1.82) is 0 Å². The number of hydrogen-bond donors (Lipinski definition) is 1. The Morgan fingerprint density at radius 1 is 1.22 bits per heavy atom. The molecule has 0 aliphatic rings. The Bertz CT molecular complexity index is 777. The molecule has 0 atom stereocenters. The predicted octanol–water partition coefficient (Wildman–Crippen LogP) is 0.789. The Kier molecular flexibility index (Phi) is 4.72. The van der Waals surface area contributed by atoms with Crippen molar-refractivity contribution < 1.29 is 4.42 Å². The molecule has 0 aliphatic heterocycles. The molecule has 0 amide bonds. The number of hydrogen-bond acceptors (Lipinski definition) is 8. The quantitative estimate of drug-likeness (QED) is 0.500. The Balaban J connectivity index is 1.46. The summed E-state index contributed by atoms with van der Waals surface area (Å²) in [5, 5.41) is 23.5. The van der Waals surface area contributed by atoms with Crippen molar-refractivity contribution in [3.8, 4) is 11.6 Å². The third kappa shape index (κ3) is 3.59. The summed E-state index contributed by atoms with van der Waals surface area (Å²) in [6.45, 7) is 3.36. The third-order valence-corrected chi connectivity index (χ3v) is 4.44. The summed E-state index contributed by atoms with van der Waals surface area (Å²) in [6.07, 6.45) is 0. The summed E-state index contributed by atoms with van der Waals surface area (Å²) in [6, 6.07) is 4.00. The van der Waals surface area contributed by atoms with E-state index < -0.39 is 0 Å². The second-order valence-corrected chi connectivity index (χ2v) is 6.09. The number of nitrogens with one attached hydrogen (secondary N) is 1. The smallest absolute Gasteiger partial charge is 0.264 e. The third-order valence-electron chi connectivity index (χ3n) is 3.43. The van der Waals surface area contributed by atoms with E-state index in [1.165, 1.54) is 0 Å². The SMILES string of the molecule is Cc1ccc(-c2nnc(CNCCSc3nnnn3C)o2)n1C. The van der Waals surface area contributed by atoms with Crippen LogP contribution in [-0.4, -0.2) is 47.3 Å². The maximum Gasteiger partial charge on any atom is 0.264 e. The molecule has 3 heterocycles. The highest BCUT2D eigenvalue weighted by Crippen LogP contribution is 2.19. The monoisotopic (exact) mass is 334 g/mol. The first-order valence-electron chi connectivity index (χ1n) is 7.16. The van der Waals surface area contributed by atoms with Crippen molar-refractivity contribution in [3.63, 3.8) is 0 Å². The topological polar surface area (TPSA) is 99.5 Å². The highest BCUT2D eigenvalue weighted by atomic mass is 32.2. The fourth-order valence-electron chi connectivity index (χ4n) is 2.01. The van der Waals surface area contributed by atoms with E-state index in [1.54, 1.807) is 16.4 Å². The zero-order valence-electron chi connectivity index (χ0n) is 13.2. The molecule has 3 aromatic rings. The Morgan fingerprint density at radius 2 is 2.09 bits per heavy atom. The van der Waals surface area contributed by atoms with E-state index in [9.17, 15) is 0 Å².